The third-order valence-electron chi connectivity index (χ3n) is 5.78. The molecule has 29 heavy (non-hydrogen) atoms. The molecule has 0 bridgehead atoms. The van der Waals surface area contributed by atoms with Gasteiger partial charge in [0.2, 0.25) is 5.91 Å². The number of carbonyl (C=O) groups is 1. The second kappa shape index (κ2) is 11.6. The van der Waals surface area contributed by atoms with Crippen molar-refractivity contribution < 1.29 is 4.79 Å². The number of guanidine groups is 1. The molecule has 0 aromatic heterocycles. The molecule has 0 saturated carbocycles. The van der Waals surface area contributed by atoms with Crippen LogP contribution in [0.5, 0.6) is 0 Å². The summed E-state index contributed by atoms with van der Waals surface area (Å²) in [6.45, 7) is 6.18. The maximum Gasteiger partial charge on any atom is 0.223 e. The van der Waals surface area contributed by atoms with Crippen LogP contribution >= 0.6 is 0 Å². The van der Waals surface area contributed by atoms with Gasteiger partial charge in [0.1, 0.15) is 0 Å². The molecule has 158 valence electrons. The Labute approximate surface area is 175 Å². The third-order valence-corrected chi connectivity index (χ3v) is 5.78. The summed E-state index contributed by atoms with van der Waals surface area (Å²) in [6.07, 6.45) is 10.2. The second-order valence-electron chi connectivity index (χ2n) is 8.15. The molecular weight excluding hydrogens is 360 g/mol. The van der Waals surface area contributed by atoms with Gasteiger partial charge in [0.15, 0.2) is 5.96 Å². The number of likely N-dealkylation sites (tertiary alicyclic amines) is 1. The molecule has 1 amide bonds. The first-order chi connectivity index (χ1) is 14.2. The SMILES string of the molecule is CCNC(=NCC1CC(=O)N(CCc2ccccc2)C1)NCCC1=CCCCC1. The molecule has 2 N–H and O–H groups in total. The summed E-state index contributed by atoms with van der Waals surface area (Å²) in [4.78, 5) is 19.1. The first-order valence-electron chi connectivity index (χ1n) is 11.3. The van der Waals surface area contributed by atoms with Crippen LogP contribution in [0.2, 0.25) is 0 Å². The average Bonchev–Trinajstić information content (AvgIpc) is 3.11. The van der Waals surface area contributed by atoms with Crippen molar-refractivity contribution in [3.05, 3.63) is 47.5 Å². The molecule has 0 spiro atoms. The van der Waals surface area contributed by atoms with E-state index in [4.69, 9.17) is 4.99 Å². The van der Waals surface area contributed by atoms with Gasteiger partial charge in [-0.3, -0.25) is 9.79 Å². The van der Waals surface area contributed by atoms with Crippen LogP contribution < -0.4 is 10.6 Å². The van der Waals surface area contributed by atoms with Crippen LogP contribution in [0, 0.1) is 5.92 Å². The number of aliphatic imine (C=N–C) groups is 1. The zero-order valence-corrected chi connectivity index (χ0v) is 17.8. The molecule has 5 heteroatoms. The van der Waals surface area contributed by atoms with Crippen LogP contribution in [-0.2, 0) is 11.2 Å². The Hall–Kier alpha value is -2.30. The molecule has 1 fully saturated rings. The van der Waals surface area contributed by atoms with E-state index in [0.29, 0.717) is 18.9 Å². The predicted molar refractivity (Wildman–Crippen MR) is 120 cm³/mol. The van der Waals surface area contributed by atoms with E-state index in [1.54, 1.807) is 5.57 Å². The molecule has 0 radical (unpaired) electrons. The van der Waals surface area contributed by atoms with Gasteiger partial charge in [-0.05, 0) is 51.0 Å². The van der Waals surface area contributed by atoms with E-state index < -0.39 is 0 Å². The predicted octanol–water partition coefficient (Wildman–Crippen LogP) is 3.52. The zero-order chi connectivity index (χ0) is 20.3. The van der Waals surface area contributed by atoms with Crippen LogP contribution in [0.1, 0.15) is 51.0 Å². The molecule has 1 saturated heterocycles. The largest absolute Gasteiger partial charge is 0.357 e. The Balaban J connectivity index is 1.42. The number of benzene rings is 1. The highest BCUT2D eigenvalue weighted by Crippen LogP contribution is 2.20. The van der Waals surface area contributed by atoms with E-state index >= 15 is 0 Å². The molecule has 1 heterocycles. The Morgan fingerprint density at radius 3 is 2.79 bits per heavy atom. The minimum Gasteiger partial charge on any atom is -0.357 e. The summed E-state index contributed by atoms with van der Waals surface area (Å²) >= 11 is 0. The molecule has 1 aromatic rings. The highest BCUT2D eigenvalue weighted by atomic mass is 16.2. The maximum absolute atomic E-state index is 12.4. The van der Waals surface area contributed by atoms with Crippen LogP contribution in [0.3, 0.4) is 0 Å². The van der Waals surface area contributed by atoms with Crippen molar-refractivity contribution in [2.24, 2.45) is 10.9 Å². The molecule has 1 unspecified atom stereocenters. The van der Waals surface area contributed by atoms with Crippen molar-refractivity contribution in [2.45, 2.75) is 51.9 Å². The lowest BCUT2D eigenvalue weighted by atomic mass is 9.97. The van der Waals surface area contributed by atoms with Crippen LogP contribution in [0.15, 0.2) is 47.0 Å². The molecule has 1 aliphatic heterocycles. The highest BCUT2D eigenvalue weighted by molar-refractivity contribution is 5.80. The van der Waals surface area contributed by atoms with Crippen molar-refractivity contribution in [1.29, 1.82) is 0 Å². The fourth-order valence-corrected chi connectivity index (χ4v) is 4.14. The highest BCUT2D eigenvalue weighted by Gasteiger charge is 2.29. The molecular formula is C24H36N4O. The van der Waals surface area contributed by atoms with E-state index in [1.165, 1.54) is 31.2 Å². The monoisotopic (exact) mass is 396 g/mol. The van der Waals surface area contributed by atoms with Crippen molar-refractivity contribution in [3.8, 4) is 0 Å². The Kier molecular flexibility index (Phi) is 8.59. The number of hydrogen-bond donors (Lipinski definition) is 2. The summed E-state index contributed by atoms with van der Waals surface area (Å²) in [7, 11) is 0. The zero-order valence-electron chi connectivity index (χ0n) is 17.8. The number of hydrogen-bond acceptors (Lipinski definition) is 2. The molecule has 2 aliphatic rings. The number of allylic oxidation sites excluding steroid dienone is 1. The smallest absolute Gasteiger partial charge is 0.223 e. The van der Waals surface area contributed by atoms with Gasteiger partial charge in [0, 0.05) is 45.1 Å². The first-order valence-corrected chi connectivity index (χ1v) is 11.3. The van der Waals surface area contributed by atoms with Gasteiger partial charge >= 0.3 is 0 Å². The third kappa shape index (κ3) is 7.22. The van der Waals surface area contributed by atoms with Crippen LogP contribution in [0.4, 0.5) is 0 Å². The van der Waals surface area contributed by atoms with E-state index in [1.807, 2.05) is 11.0 Å². The van der Waals surface area contributed by atoms with E-state index in [2.05, 4.69) is 47.9 Å². The Bertz CT molecular complexity index is 698. The quantitative estimate of drug-likeness (QED) is 0.381. The number of nitrogens with one attached hydrogen (secondary N) is 2. The van der Waals surface area contributed by atoms with Gasteiger partial charge in [0.25, 0.3) is 0 Å². The number of amides is 1. The Morgan fingerprint density at radius 1 is 1.17 bits per heavy atom. The second-order valence-corrected chi connectivity index (χ2v) is 8.15. The minimum absolute atomic E-state index is 0.267. The van der Waals surface area contributed by atoms with Crippen molar-refractivity contribution in [1.82, 2.24) is 15.5 Å². The topological polar surface area (TPSA) is 56.7 Å². The summed E-state index contributed by atoms with van der Waals surface area (Å²) in [6, 6.07) is 10.4. The summed E-state index contributed by atoms with van der Waals surface area (Å²) in [5.74, 6) is 1.46. The standard InChI is InChI=1S/C24H36N4O/c1-2-25-24(26-15-13-20-9-5-3-6-10-20)27-18-22-17-23(29)28(19-22)16-14-21-11-7-4-8-12-21/h4,7-9,11-12,22H,2-3,5-6,10,13-19H2,1H3,(H2,25,26,27). The van der Waals surface area contributed by atoms with E-state index in [-0.39, 0.29) is 5.91 Å². The lowest BCUT2D eigenvalue weighted by Crippen LogP contribution is -2.38. The number of carbonyl (C=O) groups excluding carboxylic acids is 1. The van der Waals surface area contributed by atoms with Crippen molar-refractivity contribution in [2.75, 3.05) is 32.7 Å². The average molecular weight is 397 g/mol. The Morgan fingerprint density at radius 2 is 2.03 bits per heavy atom. The number of nitrogens with zero attached hydrogens (tertiary/aromatic N) is 2. The van der Waals surface area contributed by atoms with Gasteiger partial charge < -0.3 is 15.5 Å². The van der Waals surface area contributed by atoms with E-state index in [9.17, 15) is 4.79 Å². The van der Waals surface area contributed by atoms with E-state index in [0.717, 1.165) is 45.0 Å². The van der Waals surface area contributed by atoms with Gasteiger partial charge in [-0.15, -0.1) is 0 Å². The van der Waals surface area contributed by atoms with Crippen molar-refractivity contribution in [3.63, 3.8) is 0 Å². The van der Waals surface area contributed by atoms with Gasteiger partial charge in [-0.1, -0.05) is 42.0 Å². The first kappa shape index (κ1) is 21.4. The van der Waals surface area contributed by atoms with Crippen LogP contribution in [0.25, 0.3) is 0 Å². The summed E-state index contributed by atoms with van der Waals surface area (Å²) in [5.41, 5.74) is 2.86. The molecule has 5 nitrogen and oxygen atoms in total. The molecule has 1 aromatic carbocycles. The number of rotatable bonds is 9. The normalized spacial score (nSPS) is 20.0. The fraction of sp³-hybridized carbons (Fsp3) is 0.583. The minimum atomic E-state index is 0.267. The maximum atomic E-state index is 12.4. The lowest BCUT2D eigenvalue weighted by molar-refractivity contribution is -0.127. The molecule has 1 aliphatic carbocycles. The summed E-state index contributed by atoms with van der Waals surface area (Å²) in [5, 5.41) is 6.79. The van der Waals surface area contributed by atoms with Crippen LogP contribution in [-0.4, -0.2) is 49.5 Å². The van der Waals surface area contributed by atoms with Gasteiger partial charge in [-0.25, -0.2) is 0 Å². The van der Waals surface area contributed by atoms with Crippen molar-refractivity contribution >= 4 is 11.9 Å². The summed E-state index contributed by atoms with van der Waals surface area (Å²) < 4.78 is 0. The van der Waals surface area contributed by atoms with Gasteiger partial charge in [-0.2, -0.15) is 0 Å². The fourth-order valence-electron chi connectivity index (χ4n) is 4.14. The lowest BCUT2D eigenvalue weighted by Gasteiger charge is -2.17. The molecule has 3 rings (SSSR count). The van der Waals surface area contributed by atoms with Gasteiger partial charge in [0.05, 0.1) is 0 Å². The molecule has 1 atom stereocenters.